The molecule has 0 bridgehead atoms. The van der Waals surface area contributed by atoms with E-state index in [2.05, 4.69) is 10.5 Å². The molecule has 2 aromatic rings. The van der Waals surface area contributed by atoms with Crippen molar-refractivity contribution in [1.29, 1.82) is 0 Å². The van der Waals surface area contributed by atoms with Gasteiger partial charge in [0.2, 0.25) is 0 Å². The molecule has 3 N–H and O–H groups in total. The summed E-state index contributed by atoms with van der Waals surface area (Å²) in [7, 11) is 0. The number of nitrogen functional groups attached to an aromatic ring is 1. The summed E-state index contributed by atoms with van der Waals surface area (Å²) in [6, 6.07) is 5.51. The summed E-state index contributed by atoms with van der Waals surface area (Å²) in [5.41, 5.74) is 5.79. The lowest BCUT2D eigenvalue weighted by molar-refractivity contribution is 0.101. The van der Waals surface area contributed by atoms with Crippen LogP contribution >= 0.6 is 0 Å². The Kier molecular flexibility index (Phi) is 2.78. The topological polar surface area (TPSA) is 81.2 Å². The summed E-state index contributed by atoms with van der Waals surface area (Å²) in [6.45, 7) is 1.67. The molecule has 1 aromatic carbocycles. The number of hydrogen-bond donors (Lipinski definition) is 2. The van der Waals surface area contributed by atoms with E-state index in [1.165, 1.54) is 18.2 Å². The molecule has 88 valence electrons. The van der Waals surface area contributed by atoms with E-state index in [9.17, 15) is 9.18 Å². The molecule has 0 aliphatic carbocycles. The molecule has 1 heterocycles. The van der Waals surface area contributed by atoms with Gasteiger partial charge in [-0.05, 0) is 25.1 Å². The van der Waals surface area contributed by atoms with Crippen LogP contribution in [0.5, 0.6) is 0 Å². The van der Waals surface area contributed by atoms with Crippen LogP contribution in [0.25, 0.3) is 0 Å². The zero-order valence-corrected chi connectivity index (χ0v) is 9.03. The van der Waals surface area contributed by atoms with Crippen molar-refractivity contribution in [3.8, 4) is 0 Å². The average Bonchev–Trinajstić information content (AvgIpc) is 2.70. The Balaban J connectivity index is 2.15. The van der Waals surface area contributed by atoms with Crippen LogP contribution in [0.4, 0.5) is 15.8 Å². The van der Waals surface area contributed by atoms with Gasteiger partial charge in [0, 0.05) is 11.8 Å². The van der Waals surface area contributed by atoms with Crippen LogP contribution in [0.3, 0.4) is 0 Å². The summed E-state index contributed by atoms with van der Waals surface area (Å²) >= 11 is 0. The zero-order valence-electron chi connectivity index (χ0n) is 9.03. The fourth-order valence-corrected chi connectivity index (χ4v) is 1.27. The third-order valence-electron chi connectivity index (χ3n) is 2.12. The minimum absolute atomic E-state index is 0.0280. The van der Waals surface area contributed by atoms with Crippen molar-refractivity contribution < 1.29 is 13.7 Å². The Morgan fingerprint density at radius 1 is 1.47 bits per heavy atom. The van der Waals surface area contributed by atoms with Crippen molar-refractivity contribution in [2.75, 3.05) is 11.1 Å². The number of aromatic nitrogens is 1. The van der Waals surface area contributed by atoms with Crippen LogP contribution in [-0.2, 0) is 0 Å². The first kappa shape index (κ1) is 11.1. The first-order valence-electron chi connectivity index (χ1n) is 4.86. The summed E-state index contributed by atoms with van der Waals surface area (Å²) < 4.78 is 17.9. The van der Waals surface area contributed by atoms with Crippen molar-refractivity contribution in [2.45, 2.75) is 6.92 Å². The molecule has 17 heavy (non-hydrogen) atoms. The quantitative estimate of drug-likeness (QED) is 0.779. The summed E-state index contributed by atoms with van der Waals surface area (Å²) in [5.74, 6) is -0.524. The third-order valence-corrected chi connectivity index (χ3v) is 2.12. The highest BCUT2D eigenvalue weighted by molar-refractivity contribution is 6.02. The maximum Gasteiger partial charge on any atom is 0.277 e. The largest absolute Gasteiger partial charge is 0.396 e. The molecule has 5 nitrogen and oxygen atoms in total. The normalized spacial score (nSPS) is 10.2. The van der Waals surface area contributed by atoms with E-state index in [0.717, 1.165) is 6.07 Å². The fourth-order valence-electron chi connectivity index (χ4n) is 1.27. The van der Waals surface area contributed by atoms with Gasteiger partial charge < -0.3 is 15.6 Å². The Hall–Kier alpha value is -2.37. The van der Waals surface area contributed by atoms with Crippen LogP contribution in [0.1, 0.15) is 16.2 Å². The van der Waals surface area contributed by atoms with E-state index >= 15 is 0 Å². The minimum Gasteiger partial charge on any atom is -0.396 e. The molecule has 6 heteroatoms. The van der Waals surface area contributed by atoms with E-state index in [1.54, 1.807) is 6.92 Å². The van der Waals surface area contributed by atoms with E-state index in [4.69, 9.17) is 10.3 Å². The Morgan fingerprint density at radius 2 is 2.24 bits per heavy atom. The van der Waals surface area contributed by atoms with Gasteiger partial charge in [-0.1, -0.05) is 5.16 Å². The molecular weight excluding hydrogens is 225 g/mol. The number of benzene rings is 1. The summed E-state index contributed by atoms with van der Waals surface area (Å²) in [4.78, 5) is 11.6. The number of anilines is 2. The van der Waals surface area contributed by atoms with Crippen molar-refractivity contribution in [2.24, 2.45) is 0 Å². The molecule has 0 aliphatic rings. The second kappa shape index (κ2) is 4.25. The zero-order chi connectivity index (χ0) is 12.4. The van der Waals surface area contributed by atoms with Gasteiger partial charge >= 0.3 is 0 Å². The number of amides is 1. The van der Waals surface area contributed by atoms with Gasteiger partial charge in [0.1, 0.15) is 11.6 Å². The Morgan fingerprint density at radius 3 is 2.82 bits per heavy atom. The number of rotatable bonds is 2. The summed E-state index contributed by atoms with van der Waals surface area (Å²) in [6.07, 6.45) is 0. The third kappa shape index (κ3) is 2.41. The number of nitrogens with two attached hydrogens (primary N) is 1. The second-order valence-corrected chi connectivity index (χ2v) is 3.51. The number of hydrogen-bond acceptors (Lipinski definition) is 4. The van der Waals surface area contributed by atoms with Crippen LogP contribution in [-0.4, -0.2) is 11.1 Å². The average molecular weight is 235 g/mol. The van der Waals surface area contributed by atoms with E-state index in [0.29, 0.717) is 11.4 Å². The molecule has 0 radical (unpaired) electrons. The van der Waals surface area contributed by atoms with E-state index < -0.39 is 11.7 Å². The van der Waals surface area contributed by atoms with Gasteiger partial charge in [0.05, 0.1) is 5.69 Å². The predicted molar refractivity (Wildman–Crippen MR) is 60.0 cm³/mol. The Labute approximate surface area is 96.4 Å². The molecule has 1 amide bonds. The highest BCUT2D eigenvalue weighted by Gasteiger charge is 2.11. The molecule has 0 spiro atoms. The van der Waals surface area contributed by atoms with Crippen molar-refractivity contribution in [3.05, 3.63) is 41.5 Å². The Bertz CT molecular complexity index is 566. The van der Waals surface area contributed by atoms with Gasteiger partial charge in [-0.3, -0.25) is 4.79 Å². The second-order valence-electron chi connectivity index (χ2n) is 3.51. The maximum absolute atomic E-state index is 13.1. The van der Waals surface area contributed by atoms with Crippen molar-refractivity contribution in [3.63, 3.8) is 0 Å². The number of nitrogens with one attached hydrogen (secondary N) is 1. The maximum atomic E-state index is 13.1. The molecule has 0 fully saturated rings. The van der Waals surface area contributed by atoms with Crippen molar-refractivity contribution in [1.82, 2.24) is 5.16 Å². The number of carbonyl (C=O) groups is 1. The standard InChI is InChI=1S/C11H10FN3O2/c1-6-4-10(15-17-6)11(16)14-7-2-3-9(13)8(12)5-7/h2-5H,13H2,1H3,(H,14,16). The monoisotopic (exact) mass is 235 g/mol. The fraction of sp³-hybridized carbons (Fsp3) is 0.0909. The van der Waals surface area contributed by atoms with Gasteiger partial charge in [-0.15, -0.1) is 0 Å². The highest BCUT2D eigenvalue weighted by atomic mass is 19.1. The lowest BCUT2D eigenvalue weighted by Crippen LogP contribution is -2.12. The molecule has 0 saturated carbocycles. The van der Waals surface area contributed by atoms with Crippen LogP contribution in [0, 0.1) is 12.7 Å². The van der Waals surface area contributed by atoms with Gasteiger partial charge in [-0.25, -0.2) is 4.39 Å². The molecule has 2 rings (SSSR count). The van der Waals surface area contributed by atoms with Crippen LogP contribution < -0.4 is 11.1 Å². The number of carbonyl (C=O) groups excluding carboxylic acids is 1. The molecule has 0 unspecified atom stereocenters. The van der Waals surface area contributed by atoms with Gasteiger partial charge in [-0.2, -0.15) is 0 Å². The van der Waals surface area contributed by atoms with Crippen LogP contribution in [0.2, 0.25) is 0 Å². The lowest BCUT2D eigenvalue weighted by atomic mass is 10.2. The van der Waals surface area contributed by atoms with E-state index in [1.807, 2.05) is 0 Å². The number of nitrogens with zero attached hydrogens (tertiary/aromatic N) is 1. The smallest absolute Gasteiger partial charge is 0.277 e. The molecule has 1 aromatic heterocycles. The first-order valence-corrected chi connectivity index (χ1v) is 4.86. The number of aryl methyl sites for hydroxylation is 1. The number of halogens is 1. The van der Waals surface area contributed by atoms with Gasteiger partial charge in [0.25, 0.3) is 5.91 Å². The van der Waals surface area contributed by atoms with E-state index in [-0.39, 0.29) is 11.4 Å². The SMILES string of the molecule is Cc1cc(C(=O)Nc2ccc(N)c(F)c2)no1. The molecule has 0 atom stereocenters. The molecule has 0 aliphatic heterocycles. The molecule has 0 saturated heterocycles. The van der Waals surface area contributed by atoms with Crippen molar-refractivity contribution >= 4 is 17.3 Å². The minimum atomic E-state index is -0.584. The lowest BCUT2D eigenvalue weighted by Gasteiger charge is -2.03. The highest BCUT2D eigenvalue weighted by Crippen LogP contribution is 2.16. The summed E-state index contributed by atoms with van der Waals surface area (Å²) in [5, 5.41) is 6.03. The van der Waals surface area contributed by atoms with Crippen LogP contribution in [0.15, 0.2) is 28.8 Å². The predicted octanol–water partition coefficient (Wildman–Crippen LogP) is 1.96. The first-order chi connectivity index (χ1) is 8.06. The van der Waals surface area contributed by atoms with Gasteiger partial charge in [0.15, 0.2) is 5.69 Å². The molecular formula is C11H10FN3O2.